The minimum atomic E-state index is 0. The van der Waals surface area contributed by atoms with Crippen LogP contribution in [0.3, 0.4) is 0 Å². The molecule has 48 valence electrons. The summed E-state index contributed by atoms with van der Waals surface area (Å²) in [6, 6.07) is 0. The zero-order valence-electron chi connectivity index (χ0n) is 4.55. The SMILES string of the molecule is [Cl-].[N-]=[N+]=NCCC[NH3+]. The Morgan fingerprint density at radius 1 is 1.62 bits per heavy atom. The van der Waals surface area contributed by atoms with Crippen LogP contribution in [0.4, 0.5) is 0 Å². The standard InChI is InChI=1S/C3H8N4.ClH/c4-2-1-3-6-7-5;/h1-4H2;1H. The molecule has 3 N–H and O–H groups in total. The predicted octanol–water partition coefficient (Wildman–Crippen LogP) is -3.07. The summed E-state index contributed by atoms with van der Waals surface area (Å²) in [5.41, 5.74) is 11.3. The molecule has 0 rings (SSSR count). The van der Waals surface area contributed by atoms with Crippen LogP contribution < -0.4 is 18.1 Å². The van der Waals surface area contributed by atoms with Crippen LogP contribution in [-0.2, 0) is 0 Å². The van der Waals surface area contributed by atoms with E-state index in [0.717, 1.165) is 13.0 Å². The second-order valence-corrected chi connectivity index (χ2v) is 1.16. The Morgan fingerprint density at radius 3 is 2.62 bits per heavy atom. The van der Waals surface area contributed by atoms with Crippen LogP contribution >= 0.6 is 0 Å². The lowest BCUT2D eigenvalue weighted by Gasteiger charge is -1.78. The molecule has 0 radical (unpaired) electrons. The molecule has 0 fully saturated rings. The van der Waals surface area contributed by atoms with Crippen molar-refractivity contribution in [2.45, 2.75) is 6.42 Å². The minimum Gasteiger partial charge on any atom is -1.00 e. The molecule has 0 aliphatic rings. The summed E-state index contributed by atoms with van der Waals surface area (Å²) in [6.45, 7) is 1.43. The van der Waals surface area contributed by atoms with Crippen molar-refractivity contribution in [2.24, 2.45) is 5.11 Å². The van der Waals surface area contributed by atoms with E-state index in [2.05, 4.69) is 15.8 Å². The lowest BCUT2D eigenvalue weighted by Crippen LogP contribution is -3.00. The molecular formula is C3H9ClN4. The first-order valence-corrected chi connectivity index (χ1v) is 2.22. The van der Waals surface area contributed by atoms with E-state index < -0.39 is 0 Å². The highest BCUT2D eigenvalue weighted by molar-refractivity contribution is 4.43. The van der Waals surface area contributed by atoms with Crippen LogP contribution in [0.1, 0.15) is 6.42 Å². The van der Waals surface area contributed by atoms with Crippen LogP contribution in [0.15, 0.2) is 5.11 Å². The number of azide groups is 1. The Bertz CT molecular complexity index is 77.4. The third-order valence-electron chi connectivity index (χ3n) is 0.571. The van der Waals surface area contributed by atoms with Crippen LogP contribution in [0.5, 0.6) is 0 Å². The first-order chi connectivity index (χ1) is 3.41. The molecule has 0 heterocycles. The quantitative estimate of drug-likeness (QED) is 0.185. The van der Waals surface area contributed by atoms with Crippen molar-refractivity contribution in [1.29, 1.82) is 0 Å². The van der Waals surface area contributed by atoms with Crippen LogP contribution in [0, 0.1) is 0 Å². The van der Waals surface area contributed by atoms with Crippen molar-refractivity contribution in [3.63, 3.8) is 0 Å². The highest BCUT2D eigenvalue weighted by Gasteiger charge is 1.76. The maximum absolute atomic E-state index is 7.73. The van der Waals surface area contributed by atoms with Gasteiger partial charge in [0.25, 0.3) is 0 Å². The van der Waals surface area contributed by atoms with E-state index in [-0.39, 0.29) is 12.4 Å². The molecule has 4 nitrogen and oxygen atoms in total. The predicted molar refractivity (Wildman–Crippen MR) is 26.4 cm³/mol. The van der Waals surface area contributed by atoms with Gasteiger partial charge in [0.15, 0.2) is 0 Å². The average Bonchev–Trinajstić information content (AvgIpc) is 1.69. The van der Waals surface area contributed by atoms with Gasteiger partial charge in [-0.2, -0.15) is 0 Å². The van der Waals surface area contributed by atoms with Crippen molar-refractivity contribution in [2.75, 3.05) is 13.1 Å². The van der Waals surface area contributed by atoms with E-state index in [4.69, 9.17) is 5.53 Å². The third-order valence-corrected chi connectivity index (χ3v) is 0.571. The van der Waals surface area contributed by atoms with E-state index >= 15 is 0 Å². The van der Waals surface area contributed by atoms with Gasteiger partial charge in [-0.05, 0) is 5.53 Å². The van der Waals surface area contributed by atoms with Gasteiger partial charge in [0, 0.05) is 17.9 Å². The molecular weight excluding hydrogens is 128 g/mol. The number of nitrogens with zero attached hydrogens (tertiary/aromatic N) is 3. The molecule has 0 atom stereocenters. The number of quaternary nitrogens is 1. The summed E-state index contributed by atoms with van der Waals surface area (Å²) in [6.07, 6.45) is 0.893. The number of rotatable bonds is 3. The first kappa shape index (κ1) is 10.5. The van der Waals surface area contributed by atoms with E-state index in [1.54, 1.807) is 0 Å². The van der Waals surface area contributed by atoms with Gasteiger partial charge >= 0.3 is 0 Å². The Morgan fingerprint density at radius 2 is 2.25 bits per heavy atom. The van der Waals surface area contributed by atoms with Crippen molar-refractivity contribution < 1.29 is 18.1 Å². The molecule has 0 spiro atoms. The molecule has 8 heavy (non-hydrogen) atoms. The largest absolute Gasteiger partial charge is 1.00 e. The van der Waals surface area contributed by atoms with Gasteiger partial charge in [-0.15, -0.1) is 0 Å². The summed E-state index contributed by atoms with van der Waals surface area (Å²) in [7, 11) is 0. The molecule has 0 saturated heterocycles. The maximum atomic E-state index is 7.73. The van der Waals surface area contributed by atoms with E-state index in [1.807, 2.05) is 0 Å². The summed E-state index contributed by atoms with van der Waals surface area (Å²) in [5.74, 6) is 0. The van der Waals surface area contributed by atoms with Crippen LogP contribution in [-0.4, -0.2) is 13.1 Å². The number of hydrogen-bond donors (Lipinski definition) is 1. The zero-order chi connectivity index (χ0) is 5.54. The van der Waals surface area contributed by atoms with E-state index in [9.17, 15) is 0 Å². The van der Waals surface area contributed by atoms with Gasteiger partial charge < -0.3 is 18.1 Å². The minimum absolute atomic E-state index is 0. The van der Waals surface area contributed by atoms with Gasteiger partial charge in [0.1, 0.15) is 0 Å². The highest BCUT2D eigenvalue weighted by Crippen LogP contribution is 1.73. The number of halogens is 1. The molecule has 0 aliphatic heterocycles. The van der Waals surface area contributed by atoms with Gasteiger partial charge in [-0.1, -0.05) is 5.11 Å². The molecule has 0 unspecified atom stereocenters. The first-order valence-electron chi connectivity index (χ1n) is 2.22. The molecule has 0 bridgehead atoms. The monoisotopic (exact) mass is 136 g/mol. The zero-order valence-corrected chi connectivity index (χ0v) is 5.30. The van der Waals surface area contributed by atoms with Gasteiger partial charge in [0.05, 0.1) is 6.54 Å². The fraction of sp³-hybridized carbons (Fsp3) is 1.00. The van der Waals surface area contributed by atoms with Crippen molar-refractivity contribution in [1.82, 2.24) is 0 Å². The second-order valence-electron chi connectivity index (χ2n) is 1.16. The Hall–Kier alpha value is -0.440. The molecule has 0 amide bonds. The number of hydrogen-bond acceptors (Lipinski definition) is 1. The fourth-order valence-corrected chi connectivity index (χ4v) is 0.227. The van der Waals surface area contributed by atoms with Crippen molar-refractivity contribution in [3.05, 3.63) is 10.4 Å². The Labute approximate surface area is 54.1 Å². The summed E-state index contributed by atoms with van der Waals surface area (Å²) >= 11 is 0. The highest BCUT2D eigenvalue weighted by atomic mass is 35.5. The van der Waals surface area contributed by atoms with Gasteiger partial charge in [0.2, 0.25) is 0 Å². The normalized spacial score (nSPS) is 6.62. The molecule has 0 aromatic carbocycles. The summed E-state index contributed by atoms with van der Waals surface area (Å²) in [5, 5.41) is 3.30. The Balaban J connectivity index is 0. The van der Waals surface area contributed by atoms with Gasteiger partial charge in [-0.25, -0.2) is 0 Å². The maximum Gasteiger partial charge on any atom is 0.0741 e. The molecule has 0 aromatic heterocycles. The lowest BCUT2D eigenvalue weighted by atomic mass is 10.4. The third kappa shape index (κ3) is 9.12. The molecule has 0 aliphatic carbocycles. The molecule has 0 aromatic rings. The van der Waals surface area contributed by atoms with Crippen LogP contribution in [0.25, 0.3) is 10.4 Å². The van der Waals surface area contributed by atoms with Gasteiger partial charge in [-0.3, -0.25) is 0 Å². The van der Waals surface area contributed by atoms with E-state index in [1.165, 1.54) is 0 Å². The fourth-order valence-electron chi connectivity index (χ4n) is 0.227. The van der Waals surface area contributed by atoms with E-state index in [0.29, 0.717) is 6.54 Å². The summed E-state index contributed by atoms with van der Waals surface area (Å²) in [4.78, 5) is 2.57. The summed E-state index contributed by atoms with van der Waals surface area (Å²) < 4.78 is 0. The smallest absolute Gasteiger partial charge is 0.0741 e. The van der Waals surface area contributed by atoms with Crippen molar-refractivity contribution >= 4 is 0 Å². The lowest BCUT2D eigenvalue weighted by molar-refractivity contribution is -0.367. The Kier molecular flexibility index (Phi) is 12.8. The topological polar surface area (TPSA) is 76.4 Å². The second kappa shape index (κ2) is 9.75. The molecule has 5 heteroatoms. The molecule has 0 saturated carbocycles. The van der Waals surface area contributed by atoms with Crippen molar-refractivity contribution in [3.8, 4) is 0 Å². The average molecular weight is 137 g/mol. The van der Waals surface area contributed by atoms with Crippen LogP contribution in [0.2, 0.25) is 0 Å².